The van der Waals surface area contributed by atoms with E-state index >= 15 is 0 Å². The monoisotopic (exact) mass is 514 g/mol. The average Bonchev–Trinajstić information content (AvgIpc) is 2.83. The minimum Gasteiger partial charge on any atom is -0.493 e. The summed E-state index contributed by atoms with van der Waals surface area (Å²) < 4.78 is 42.5. The first-order valence-electron chi connectivity index (χ1n) is 11.4. The van der Waals surface area contributed by atoms with Gasteiger partial charge in [-0.3, -0.25) is 9.59 Å². The third-order valence-corrected chi connectivity index (χ3v) is 7.96. The van der Waals surface area contributed by atoms with Crippen molar-refractivity contribution < 1.29 is 31.7 Å². The number of hydrogen-bond donors (Lipinski definition) is 0. The molecule has 2 aromatic rings. The largest absolute Gasteiger partial charge is 0.493 e. The maximum atomic E-state index is 13.0. The summed E-state index contributed by atoms with van der Waals surface area (Å²) in [5, 5.41) is 0.402. The van der Waals surface area contributed by atoms with Crippen molar-refractivity contribution in [3.05, 3.63) is 75.7 Å². The smallest absolute Gasteiger partial charge is 0.339 e. The fourth-order valence-electron chi connectivity index (χ4n) is 4.85. The van der Waals surface area contributed by atoms with Gasteiger partial charge in [0.2, 0.25) is 0 Å². The average molecular weight is 515 g/mol. The molecule has 35 heavy (non-hydrogen) atoms. The van der Waals surface area contributed by atoms with Crippen LogP contribution in [-0.2, 0) is 24.4 Å². The SMILES string of the molecule is COc1cc(C2C3=C(CCCC3=O)OC3=C2C(=O)CCC3)ccc1OS(=O)(=O)c1ccc(Cl)cc1. The Morgan fingerprint density at radius 1 is 0.857 bits per heavy atom. The predicted molar refractivity (Wildman–Crippen MR) is 128 cm³/mol. The second-order valence-corrected chi connectivity index (χ2v) is 10.6. The topological polar surface area (TPSA) is 96.0 Å². The predicted octanol–water partition coefficient (Wildman–Crippen LogP) is 5.24. The summed E-state index contributed by atoms with van der Waals surface area (Å²) in [6.07, 6.45) is 3.49. The summed E-state index contributed by atoms with van der Waals surface area (Å²) in [6, 6.07) is 10.4. The molecule has 7 nitrogen and oxygen atoms in total. The van der Waals surface area contributed by atoms with Crippen LogP contribution in [0.25, 0.3) is 0 Å². The van der Waals surface area contributed by atoms with E-state index in [-0.39, 0.29) is 28.0 Å². The number of Topliss-reactive ketones (excluding diaryl/α,β-unsaturated/α-hetero) is 2. The van der Waals surface area contributed by atoms with E-state index in [0.717, 1.165) is 0 Å². The van der Waals surface area contributed by atoms with Gasteiger partial charge in [0.25, 0.3) is 0 Å². The number of allylic oxidation sites excluding steroid dienone is 4. The highest BCUT2D eigenvalue weighted by atomic mass is 35.5. The maximum Gasteiger partial charge on any atom is 0.339 e. The third kappa shape index (κ3) is 4.36. The Labute approximate surface area is 208 Å². The van der Waals surface area contributed by atoms with E-state index in [1.54, 1.807) is 12.1 Å². The summed E-state index contributed by atoms with van der Waals surface area (Å²) in [5.41, 5.74) is 1.66. The number of ketones is 2. The molecule has 0 unspecified atom stereocenters. The van der Waals surface area contributed by atoms with Crippen LogP contribution < -0.4 is 8.92 Å². The van der Waals surface area contributed by atoms with Crippen LogP contribution in [0.4, 0.5) is 0 Å². The summed E-state index contributed by atoms with van der Waals surface area (Å²) in [5.74, 6) is 0.768. The van der Waals surface area contributed by atoms with Gasteiger partial charge in [-0.25, -0.2) is 0 Å². The van der Waals surface area contributed by atoms with Crippen LogP contribution in [0, 0.1) is 0 Å². The van der Waals surface area contributed by atoms with Crippen molar-refractivity contribution in [2.24, 2.45) is 0 Å². The van der Waals surface area contributed by atoms with E-state index in [2.05, 4.69) is 0 Å². The lowest BCUT2D eigenvalue weighted by atomic mass is 9.73. The summed E-state index contributed by atoms with van der Waals surface area (Å²) >= 11 is 5.86. The quantitative estimate of drug-likeness (QED) is 0.503. The van der Waals surface area contributed by atoms with Gasteiger partial charge in [-0.1, -0.05) is 17.7 Å². The molecule has 182 valence electrons. The van der Waals surface area contributed by atoms with Gasteiger partial charge in [-0.15, -0.1) is 0 Å². The molecular formula is C26H23ClO7S. The van der Waals surface area contributed by atoms with Gasteiger partial charge in [0, 0.05) is 47.8 Å². The molecule has 1 aliphatic heterocycles. The van der Waals surface area contributed by atoms with Crippen molar-refractivity contribution in [1.82, 2.24) is 0 Å². The molecule has 2 aliphatic carbocycles. The van der Waals surface area contributed by atoms with Crippen molar-refractivity contribution in [1.29, 1.82) is 0 Å². The number of rotatable bonds is 5. The number of methoxy groups -OCH3 is 1. The van der Waals surface area contributed by atoms with Crippen molar-refractivity contribution in [3.63, 3.8) is 0 Å². The Morgan fingerprint density at radius 2 is 1.46 bits per heavy atom. The Bertz CT molecular complexity index is 1350. The highest BCUT2D eigenvalue weighted by molar-refractivity contribution is 7.87. The molecule has 0 atom stereocenters. The van der Waals surface area contributed by atoms with Crippen LogP contribution in [0.5, 0.6) is 11.5 Å². The van der Waals surface area contributed by atoms with Gasteiger partial charge in [0.1, 0.15) is 16.4 Å². The van der Waals surface area contributed by atoms with Crippen LogP contribution in [0.2, 0.25) is 5.02 Å². The minimum absolute atomic E-state index is 0.00777. The van der Waals surface area contributed by atoms with Gasteiger partial charge >= 0.3 is 10.1 Å². The van der Waals surface area contributed by atoms with Crippen molar-refractivity contribution in [2.75, 3.05) is 7.11 Å². The van der Waals surface area contributed by atoms with E-state index in [9.17, 15) is 18.0 Å². The van der Waals surface area contributed by atoms with Crippen molar-refractivity contribution in [2.45, 2.75) is 49.3 Å². The van der Waals surface area contributed by atoms with E-state index < -0.39 is 16.0 Å². The number of benzene rings is 2. The molecule has 5 rings (SSSR count). The lowest BCUT2D eigenvalue weighted by molar-refractivity contribution is -0.117. The van der Waals surface area contributed by atoms with Crippen LogP contribution in [0.1, 0.15) is 50.0 Å². The van der Waals surface area contributed by atoms with Crippen LogP contribution in [0.15, 0.2) is 70.0 Å². The van der Waals surface area contributed by atoms with Gasteiger partial charge in [-0.05, 0) is 54.8 Å². The van der Waals surface area contributed by atoms with E-state index in [1.807, 2.05) is 0 Å². The fourth-order valence-corrected chi connectivity index (χ4v) is 5.92. The zero-order valence-corrected chi connectivity index (χ0v) is 20.6. The molecule has 0 saturated heterocycles. The molecule has 0 radical (unpaired) electrons. The Kier molecular flexibility index (Phi) is 6.19. The zero-order chi connectivity index (χ0) is 24.7. The molecule has 0 fully saturated rings. The number of halogens is 1. The van der Waals surface area contributed by atoms with Crippen LogP contribution in [-0.4, -0.2) is 27.1 Å². The zero-order valence-electron chi connectivity index (χ0n) is 19.0. The molecule has 0 saturated carbocycles. The van der Waals surface area contributed by atoms with Crippen molar-refractivity contribution in [3.8, 4) is 11.5 Å². The Morgan fingerprint density at radius 3 is 2.03 bits per heavy atom. The standard InChI is InChI=1S/C26H23ClO7S/c1-32-23-14-15(8-13-20(23)34-35(30,31)17-11-9-16(27)10-12-17)24-25-18(28)4-2-6-21(25)33-22-7-3-5-19(29)26(22)24/h8-14,24H,2-7H2,1H3. The first-order chi connectivity index (χ1) is 16.8. The number of ether oxygens (including phenoxy) is 2. The first-order valence-corrected chi connectivity index (χ1v) is 13.2. The number of carbonyl (C=O) groups excluding carboxylic acids is 2. The van der Waals surface area contributed by atoms with Gasteiger partial charge in [0.15, 0.2) is 23.1 Å². The molecule has 0 spiro atoms. The lowest BCUT2D eigenvalue weighted by Crippen LogP contribution is -2.30. The molecule has 3 aliphatic rings. The lowest BCUT2D eigenvalue weighted by Gasteiger charge is -2.36. The van der Waals surface area contributed by atoms with Crippen LogP contribution >= 0.6 is 11.6 Å². The highest BCUT2D eigenvalue weighted by Crippen LogP contribution is 2.48. The molecule has 0 bridgehead atoms. The molecule has 0 amide bonds. The highest BCUT2D eigenvalue weighted by Gasteiger charge is 2.42. The Balaban J connectivity index is 1.56. The summed E-state index contributed by atoms with van der Waals surface area (Å²) in [4.78, 5) is 25.9. The van der Waals surface area contributed by atoms with Gasteiger partial charge in [-0.2, -0.15) is 8.42 Å². The van der Waals surface area contributed by atoms with Gasteiger partial charge < -0.3 is 13.7 Å². The van der Waals surface area contributed by atoms with E-state index in [4.69, 9.17) is 25.3 Å². The van der Waals surface area contributed by atoms with Crippen LogP contribution in [0.3, 0.4) is 0 Å². The third-order valence-electron chi connectivity index (χ3n) is 6.46. The molecule has 0 N–H and O–H groups in total. The number of hydrogen-bond acceptors (Lipinski definition) is 7. The fraction of sp³-hybridized carbons (Fsp3) is 0.308. The van der Waals surface area contributed by atoms with E-state index in [1.165, 1.54) is 37.4 Å². The second-order valence-electron chi connectivity index (χ2n) is 8.66. The van der Waals surface area contributed by atoms with Gasteiger partial charge in [0.05, 0.1) is 7.11 Å². The normalized spacial score (nSPS) is 18.7. The first kappa shape index (κ1) is 23.6. The molecular weight excluding hydrogens is 492 g/mol. The summed E-state index contributed by atoms with van der Waals surface area (Å²) in [6.45, 7) is 0. The Hall–Kier alpha value is -3.10. The summed E-state index contributed by atoms with van der Waals surface area (Å²) in [7, 11) is -2.74. The number of carbonyl (C=O) groups is 2. The molecule has 2 aromatic carbocycles. The minimum atomic E-state index is -4.14. The maximum absolute atomic E-state index is 13.0. The second kappa shape index (κ2) is 9.17. The van der Waals surface area contributed by atoms with Crippen molar-refractivity contribution >= 4 is 33.3 Å². The molecule has 9 heteroatoms. The molecule has 1 heterocycles. The molecule has 0 aromatic heterocycles. The van der Waals surface area contributed by atoms with E-state index in [0.29, 0.717) is 71.8 Å².